The lowest BCUT2D eigenvalue weighted by Crippen LogP contribution is -2.30. The molecule has 0 aliphatic heterocycles. The van der Waals surface area contributed by atoms with Crippen LogP contribution in [0.25, 0.3) is 0 Å². The maximum absolute atomic E-state index is 10.5. The molecule has 0 aromatic carbocycles. The lowest BCUT2D eigenvalue weighted by Gasteiger charge is -2.14. The Bertz CT molecular complexity index is 192. The smallest absolute Gasteiger partial charge is 0.324 e. The molecule has 6 nitrogen and oxygen atoms in total. The molecule has 0 spiro atoms. The molecule has 0 unspecified atom stereocenters. The number of hydrogen-bond acceptors (Lipinski definition) is 4. The van der Waals surface area contributed by atoms with Crippen LogP contribution in [0.3, 0.4) is 0 Å². The van der Waals surface area contributed by atoms with Crippen molar-refractivity contribution in [2.45, 2.75) is 12.8 Å². The Morgan fingerprint density at radius 1 is 0.929 bits per heavy atom. The summed E-state index contributed by atoms with van der Waals surface area (Å²) in [4.78, 5) is 21.0. The van der Waals surface area contributed by atoms with Crippen LogP contribution in [0.4, 0.5) is 9.59 Å². The fourth-order valence-electron chi connectivity index (χ4n) is 0.744. The zero-order chi connectivity index (χ0) is 11.1. The fraction of sp³-hybridized carbons (Fsp3) is 0.667. The average molecular weight is 238 g/mol. The lowest BCUT2D eigenvalue weighted by molar-refractivity contribution is 0.231. The van der Waals surface area contributed by atoms with Gasteiger partial charge in [0, 0.05) is 13.1 Å². The number of primary amides is 2. The van der Waals surface area contributed by atoms with Gasteiger partial charge in [-0.05, 0) is 12.8 Å². The van der Waals surface area contributed by atoms with E-state index in [9.17, 15) is 9.59 Å². The van der Waals surface area contributed by atoms with Gasteiger partial charge in [0.1, 0.15) is 0 Å². The Hall–Kier alpha value is -0.760. The summed E-state index contributed by atoms with van der Waals surface area (Å²) in [5.41, 5.74) is 9.87. The predicted molar refractivity (Wildman–Crippen MR) is 59.8 cm³/mol. The first-order chi connectivity index (χ1) is 6.45. The number of unbranched alkanes of at least 4 members (excludes halogenated alkanes) is 1. The van der Waals surface area contributed by atoms with Gasteiger partial charge in [0.25, 0.3) is 0 Å². The van der Waals surface area contributed by atoms with Gasteiger partial charge in [0.15, 0.2) is 0 Å². The van der Waals surface area contributed by atoms with E-state index in [0.717, 1.165) is 8.61 Å². The summed E-state index contributed by atoms with van der Waals surface area (Å²) in [6.07, 6.45) is 1.35. The number of urea groups is 2. The van der Waals surface area contributed by atoms with Crippen molar-refractivity contribution in [3.63, 3.8) is 0 Å². The van der Waals surface area contributed by atoms with Crippen LogP contribution >= 0.6 is 25.6 Å². The van der Waals surface area contributed by atoms with E-state index in [-0.39, 0.29) is 0 Å². The topological polar surface area (TPSA) is 92.7 Å². The molecule has 0 fully saturated rings. The summed E-state index contributed by atoms with van der Waals surface area (Å²) >= 11 is 7.65. The first-order valence-corrected chi connectivity index (χ1v) is 4.77. The summed E-state index contributed by atoms with van der Waals surface area (Å²) in [7, 11) is 0. The minimum atomic E-state index is -0.592. The standard InChI is InChI=1S/C6H14N4O2S2/c7-5(11)9(13)3-1-2-4-10(14)6(8)12/h13-14H,1-4H2,(H2,7,11)(H2,8,12). The van der Waals surface area contributed by atoms with E-state index < -0.39 is 12.1 Å². The van der Waals surface area contributed by atoms with Gasteiger partial charge in [-0.3, -0.25) is 8.61 Å². The SMILES string of the molecule is NC(=O)N(S)CCCCN(S)C(N)=O. The monoisotopic (exact) mass is 238 g/mol. The van der Waals surface area contributed by atoms with Crippen molar-refractivity contribution >= 4 is 37.7 Å². The number of hydrogen-bond donors (Lipinski definition) is 4. The van der Waals surface area contributed by atoms with Gasteiger partial charge in [-0.1, -0.05) is 25.6 Å². The normalized spacial score (nSPS) is 9.57. The van der Waals surface area contributed by atoms with Crippen LogP contribution in [0.1, 0.15) is 12.8 Å². The molecule has 0 aromatic heterocycles. The first kappa shape index (κ1) is 13.2. The largest absolute Gasteiger partial charge is 0.351 e. The molecule has 4 N–H and O–H groups in total. The van der Waals surface area contributed by atoms with E-state index in [1.54, 1.807) is 0 Å². The Labute approximate surface area is 93.7 Å². The highest BCUT2D eigenvalue weighted by molar-refractivity contribution is 7.78. The van der Waals surface area contributed by atoms with E-state index in [1.807, 2.05) is 0 Å². The van der Waals surface area contributed by atoms with Crippen molar-refractivity contribution in [3.05, 3.63) is 0 Å². The van der Waals surface area contributed by atoms with E-state index >= 15 is 0 Å². The number of amides is 4. The fourth-order valence-corrected chi connectivity index (χ4v) is 1.03. The van der Waals surface area contributed by atoms with Crippen molar-refractivity contribution in [2.75, 3.05) is 13.1 Å². The highest BCUT2D eigenvalue weighted by Gasteiger charge is 2.05. The molecule has 8 heteroatoms. The second kappa shape index (κ2) is 6.66. The van der Waals surface area contributed by atoms with Crippen LogP contribution in [0, 0.1) is 0 Å². The summed E-state index contributed by atoms with van der Waals surface area (Å²) in [5.74, 6) is 0. The molecular weight excluding hydrogens is 224 g/mol. The lowest BCUT2D eigenvalue weighted by atomic mass is 10.3. The van der Waals surface area contributed by atoms with Crippen molar-refractivity contribution in [2.24, 2.45) is 11.5 Å². The molecule has 4 amide bonds. The minimum Gasteiger partial charge on any atom is -0.351 e. The van der Waals surface area contributed by atoms with Gasteiger partial charge in [-0.25, -0.2) is 9.59 Å². The molecule has 0 aliphatic rings. The summed E-state index contributed by atoms with van der Waals surface area (Å²) in [6.45, 7) is 0.859. The van der Waals surface area contributed by atoms with E-state index in [2.05, 4.69) is 25.6 Å². The summed E-state index contributed by atoms with van der Waals surface area (Å²) in [6, 6.07) is -1.18. The van der Waals surface area contributed by atoms with E-state index in [4.69, 9.17) is 11.5 Å². The van der Waals surface area contributed by atoms with Gasteiger partial charge in [-0.2, -0.15) is 0 Å². The van der Waals surface area contributed by atoms with Crippen LogP contribution in [0.2, 0.25) is 0 Å². The zero-order valence-corrected chi connectivity index (χ0v) is 9.38. The van der Waals surface area contributed by atoms with Gasteiger partial charge in [0.2, 0.25) is 0 Å². The van der Waals surface area contributed by atoms with Crippen LogP contribution in [-0.4, -0.2) is 33.8 Å². The first-order valence-electron chi connectivity index (χ1n) is 3.97. The molecule has 0 saturated carbocycles. The number of thiol groups is 2. The van der Waals surface area contributed by atoms with Crippen molar-refractivity contribution < 1.29 is 9.59 Å². The molecule has 0 saturated heterocycles. The van der Waals surface area contributed by atoms with Crippen molar-refractivity contribution in [3.8, 4) is 0 Å². The van der Waals surface area contributed by atoms with Crippen LogP contribution in [0.5, 0.6) is 0 Å². The predicted octanol–water partition coefficient (Wildman–Crippen LogP) is 0.218. The third kappa shape index (κ3) is 5.81. The van der Waals surface area contributed by atoms with E-state index in [1.165, 1.54) is 0 Å². The number of rotatable bonds is 5. The van der Waals surface area contributed by atoms with Gasteiger partial charge in [-0.15, -0.1) is 0 Å². The molecule has 0 rings (SSSR count). The Morgan fingerprint density at radius 3 is 1.43 bits per heavy atom. The molecule has 82 valence electrons. The Kier molecular flexibility index (Phi) is 6.30. The second-order valence-electron chi connectivity index (χ2n) is 2.63. The molecule has 0 aromatic rings. The minimum absolute atomic E-state index is 0.429. The highest BCUT2D eigenvalue weighted by atomic mass is 32.1. The number of nitrogens with zero attached hydrogens (tertiary/aromatic N) is 2. The van der Waals surface area contributed by atoms with Crippen LogP contribution in [0.15, 0.2) is 0 Å². The molecular formula is C6H14N4O2S2. The molecule has 14 heavy (non-hydrogen) atoms. The van der Waals surface area contributed by atoms with Gasteiger partial charge >= 0.3 is 12.1 Å². The third-order valence-corrected chi connectivity index (χ3v) is 2.29. The number of carbonyl (C=O) groups excluding carboxylic acids is 2. The second-order valence-corrected chi connectivity index (χ2v) is 3.60. The van der Waals surface area contributed by atoms with E-state index in [0.29, 0.717) is 25.9 Å². The number of carbonyl (C=O) groups is 2. The molecule has 0 radical (unpaired) electrons. The van der Waals surface area contributed by atoms with Crippen molar-refractivity contribution in [1.82, 2.24) is 8.61 Å². The highest BCUT2D eigenvalue weighted by Crippen LogP contribution is 2.01. The summed E-state index contributed by atoms with van der Waals surface area (Å²) in [5, 5.41) is 0. The average Bonchev–Trinajstić information content (AvgIpc) is 2.11. The molecule has 0 bridgehead atoms. The molecule has 0 heterocycles. The Balaban J connectivity index is 3.47. The van der Waals surface area contributed by atoms with Crippen LogP contribution < -0.4 is 11.5 Å². The Morgan fingerprint density at radius 2 is 1.21 bits per heavy atom. The van der Waals surface area contributed by atoms with Gasteiger partial charge < -0.3 is 11.5 Å². The maximum atomic E-state index is 10.5. The third-order valence-electron chi connectivity index (χ3n) is 1.50. The molecule has 0 aliphatic carbocycles. The quantitative estimate of drug-likeness (QED) is 0.407. The number of nitrogens with two attached hydrogens (primary N) is 2. The van der Waals surface area contributed by atoms with Gasteiger partial charge in [0.05, 0.1) is 0 Å². The van der Waals surface area contributed by atoms with Crippen LogP contribution in [-0.2, 0) is 0 Å². The molecule has 0 atom stereocenters. The maximum Gasteiger partial charge on any atom is 0.324 e. The summed E-state index contributed by atoms with van der Waals surface area (Å²) < 4.78 is 2.21. The zero-order valence-electron chi connectivity index (χ0n) is 7.59. The van der Waals surface area contributed by atoms with Crippen molar-refractivity contribution in [1.29, 1.82) is 0 Å².